The molecule has 0 aliphatic heterocycles. The molecule has 0 unspecified atom stereocenters. The minimum atomic E-state index is -0.808. The number of carbonyl (C=O) groups excluding carboxylic acids is 1. The number of amides is 1. The summed E-state index contributed by atoms with van der Waals surface area (Å²) in [6.45, 7) is 3.86. The van der Waals surface area contributed by atoms with Gasteiger partial charge in [-0.1, -0.05) is 25.7 Å². The maximum atomic E-state index is 12.9. The summed E-state index contributed by atoms with van der Waals surface area (Å²) < 4.78 is 1.83. The third-order valence-electron chi connectivity index (χ3n) is 6.08. The summed E-state index contributed by atoms with van der Waals surface area (Å²) in [6.07, 6.45) is 7.67. The number of aliphatic carboxylic acids is 1. The molecule has 1 heterocycles. The monoisotopic (exact) mass is 397 g/mol. The Morgan fingerprint density at radius 1 is 1.10 bits per heavy atom. The Morgan fingerprint density at radius 3 is 2.31 bits per heavy atom. The third kappa shape index (κ3) is 4.86. The van der Waals surface area contributed by atoms with Crippen LogP contribution < -0.4 is 0 Å². The summed E-state index contributed by atoms with van der Waals surface area (Å²) in [5.74, 6) is -0.740. The summed E-state index contributed by atoms with van der Waals surface area (Å²) in [6, 6.07) is 7.87. The van der Waals surface area contributed by atoms with Crippen LogP contribution in [0.5, 0.6) is 0 Å². The van der Waals surface area contributed by atoms with Gasteiger partial charge in [-0.05, 0) is 62.9 Å². The fraction of sp³-hybridized carbons (Fsp3) is 0.522. The average molecular weight is 398 g/mol. The number of carbonyl (C=O) groups is 2. The van der Waals surface area contributed by atoms with Crippen molar-refractivity contribution >= 4 is 11.9 Å². The van der Waals surface area contributed by atoms with Crippen molar-refractivity contribution in [3.63, 3.8) is 0 Å². The predicted octanol–water partition coefficient (Wildman–Crippen LogP) is 4.30. The minimum Gasteiger partial charge on any atom is -0.481 e. The molecular formula is C23H31N3O3. The van der Waals surface area contributed by atoms with E-state index in [2.05, 4.69) is 5.10 Å². The lowest BCUT2D eigenvalue weighted by molar-refractivity contribution is -0.136. The van der Waals surface area contributed by atoms with Crippen LogP contribution in [0.25, 0.3) is 5.69 Å². The first-order valence-electron chi connectivity index (χ1n) is 10.5. The zero-order valence-corrected chi connectivity index (χ0v) is 17.6. The van der Waals surface area contributed by atoms with Gasteiger partial charge in [0, 0.05) is 30.8 Å². The first-order chi connectivity index (χ1) is 13.9. The molecule has 0 radical (unpaired) electrons. The van der Waals surface area contributed by atoms with Crippen molar-refractivity contribution in [1.29, 1.82) is 0 Å². The normalized spacial score (nSPS) is 15.1. The molecule has 156 valence electrons. The van der Waals surface area contributed by atoms with Crippen LogP contribution in [0.4, 0.5) is 0 Å². The van der Waals surface area contributed by atoms with E-state index in [0.29, 0.717) is 18.0 Å². The Bertz CT molecular complexity index is 862. The van der Waals surface area contributed by atoms with E-state index >= 15 is 0 Å². The van der Waals surface area contributed by atoms with Gasteiger partial charge in [-0.15, -0.1) is 0 Å². The smallest absolute Gasteiger partial charge is 0.303 e. The Labute approximate surface area is 172 Å². The van der Waals surface area contributed by atoms with Gasteiger partial charge < -0.3 is 10.0 Å². The molecule has 29 heavy (non-hydrogen) atoms. The third-order valence-corrected chi connectivity index (χ3v) is 6.08. The average Bonchev–Trinajstić information content (AvgIpc) is 2.89. The minimum absolute atomic E-state index is 0.0685. The highest BCUT2D eigenvalue weighted by molar-refractivity contribution is 5.94. The Morgan fingerprint density at radius 2 is 1.72 bits per heavy atom. The van der Waals surface area contributed by atoms with Crippen LogP contribution in [0.15, 0.2) is 24.3 Å². The lowest BCUT2D eigenvalue weighted by atomic mass is 10.1. The van der Waals surface area contributed by atoms with Gasteiger partial charge in [-0.25, -0.2) is 4.68 Å². The Kier molecular flexibility index (Phi) is 6.72. The number of hydrogen-bond acceptors (Lipinski definition) is 3. The van der Waals surface area contributed by atoms with E-state index in [1.165, 1.54) is 25.7 Å². The van der Waals surface area contributed by atoms with E-state index in [4.69, 9.17) is 5.11 Å². The van der Waals surface area contributed by atoms with Crippen molar-refractivity contribution in [3.05, 3.63) is 46.8 Å². The molecule has 0 bridgehead atoms. The van der Waals surface area contributed by atoms with Crippen LogP contribution in [0, 0.1) is 13.8 Å². The Hall–Kier alpha value is -2.63. The van der Waals surface area contributed by atoms with Crippen LogP contribution in [-0.2, 0) is 11.2 Å². The number of hydrogen-bond donors (Lipinski definition) is 1. The lowest BCUT2D eigenvalue weighted by Gasteiger charge is -2.27. The molecule has 1 aliphatic carbocycles. The van der Waals surface area contributed by atoms with Crippen molar-refractivity contribution in [2.45, 2.75) is 71.3 Å². The molecule has 0 spiro atoms. The molecule has 6 heteroatoms. The summed E-state index contributed by atoms with van der Waals surface area (Å²) >= 11 is 0. The molecule has 1 fully saturated rings. The maximum Gasteiger partial charge on any atom is 0.303 e. The van der Waals surface area contributed by atoms with Crippen LogP contribution >= 0.6 is 0 Å². The number of aromatic nitrogens is 2. The zero-order chi connectivity index (χ0) is 21.0. The number of rotatable bonds is 6. The highest BCUT2D eigenvalue weighted by Crippen LogP contribution is 2.23. The molecule has 1 aromatic carbocycles. The van der Waals surface area contributed by atoms with E-state index in [-0.39, 0.29) is 12.3 Å². The van der Waals surface area contributed by atoms with Gasteiger partial charge in [0.1, 0.15) is 0 Å². The van der Waals surface area contributed by atoms with E-state index in [1.54, 1.807) is 0 Å². The number of carboxylic acid groups (broad SMARTS) is 1. The molecule has 1 N–H and O–H groups in total. The molecule has 1 amide bonds. The second-order valence-corrected chi connectivity index (χ2v) is 8.06. The van der Waals surface area contributed by atoms with E-state index < -0.39 is 5.97 Å². The largest absolute Gasteiger partial charge is 0.481 e. The Balaban J connectivity index is 1.75. The second kappa shape index (κ2) is 9.25. The lowest BCUT2D eigenvalue weighted by Crippen LogP contribution is -2.36. The van der Waals surface area contributed by atoms with Crippen LogP contribution in [0.1, 0.15) is 72.3 Å². The van der Waals surface area contributed by atoms with Crippen LogP contribution in [0.2, 0.25) is 0 Å². The molecule has 1 saturated carbocycles. The van der Waals surface area contributed by atoms with Crippen molar-refractivity contribution in [1.82, 2.24) is 14.7 Å². The summed E-state index contributed by atoms with van der Waals surface area (Å²) in [5.41, 5.74) is 4.32. The number of benzene rings is 1. The topological polar surface area (TPSA) is 75.4 Å². The standard InChI is InChI=1S/C23H31N3O3/c1-16-21(14-15-22(27)28)17(2)26(24-16)20-12-10-18(11-13-20)23(29)25(3)19-8-6-4-5-7-9-19/h10-13,19H,4-9,14-15H2,1-3H3,(H,27,28). The van der Waals surface area contributed by atoms with Gasteiger partial charge in [-0.3, -0.25) is 9.59 Å². The molecule has 6 nitrogen and oxygen atoms in total. The van der Waals surface area contributed by atoms with Crippen molar-refractivity contribution < 1.29 is 14.7 Å². The van der Waals surface area contributed by atoms with E-state index in [0.717, 1.165) is 35.5 Å². The number of aryl methyl sites for hydroxylation is 1. The van der Waals surface area contributed by atoms with Gasteiger partial charge in [0.25, 0.3) is 5.91 Å². The summed E-state index contributed by atoms with van der Waals surface area (Å²) in [5, 5.41) is 13.5. The molecule has 3 rings (SSSR count). The van der Waals surface area contributed by atoms with Gasteiger partial charge in [0.05, 0.1) is 11.4 Å². The van der Waals surface area contributed by atoms with E-state index in [9.17, 15) is 9.59 Å². The molecule has 1 aromatic heterocycles. The van der Waals surface area contributed by atoms with Crippen molar-refractivity contribution in [3.8, 4) is 5.69 Å². The van der Waals surface area contributed by atoms with Gasteiger partial charge >= 0.3 is 5.97 Å². The molecule has 0 saturated heterocycles. The number of nitrogens with zero attached hydrogens (tertiary/aromatic N) is 3. The molecular weight excluding hydrogens is 366 g/mol. The van der Waals surface area contributed by atoms with Gasteiger partial charge in [-0.2, -0.15) is 5.10 Å². The predicted molar refractivity (Wildman–Crippen MR) is 113 cm³/mol. The fourth-order valence-corrected chi connectivity index (χ4v) is 4.28. The van der Waals surface area contributed by atoms with Crippen molar-refractivity contribution in [2.24, 2.45) is 0 Å². The SMILES string of the molecule is Cc1nn(-c2ccc(C(=O)N(C)C3CCCCCC3)cc2)c(C)c1CCC(=O)O. The maximum absolute atomic E-state index is 12.9. The summed E-state index contributed by atoms with van der Waals surface area (Å²) in [7, 11) is 1.92. The first-order valence-corrected chi connectivity index (χ1v) is 10.5. The van der Waals surface area contributed by atoms with Crippen LogP contribution in [0.3, 0.4) is 0 Å². The quantitative estimate of drug-likeness (QED) is 0.738. The summed E-state index contributed by atoms with van der Waals surface area (Å²) in [4.78, 5) is 25.7. The van der Waals surface area contributed by atoms with Gasteiger partial charge in [0.2, 0.25) is 0 Å². The second-order valence-electron chi connectivity index (χ2n) is 8.06. The first kappa shape index (κ1) is 21.1. The van der Waals surface area contributed by atoms with E-state index in [1.807, 2.05) is 54.7 Å². The molecule has 1 aliphatic rings. The number of carboxylic acids is 1. The highest BCUT2D eigenvalue weighted by atomic mass is 16.4. The van der Waals surface area contributed by atoms with Crippen molar-refractivity contribution in [2.75, 3.05) is 7.05 Å². The highest BCUT2D eigenvalue weighted by Gasteiger charge is 2.22. The zero-order valence-electron chi connectivity index (χ0n) is 17.6. The molecule has 2 aromatic rings. The fourth-order valence-electron chi connectivity index (χ4n) is 4.28. The van der Waals surface area contributed by atoms with Crippen LogP contribution in [-0.4, -0.2) is 44.8 Å². The molecule has 0 atom stereocenters. The van der Waals surface area contributed by atoms with Gasteiger partial charge in [0.15, 0.2) is 0 Å².